The number of nitrogens with zero attached hydrogens (tertiary/aromatic N) is 5. The van der Waals surface area contributed by atoms with Crippen molar-refractivity contribution in [3.8, 4) is 11.5 Å². The molecule has 12 heteroatoms. The minimum atomic E-state index is -4.33. The van der Waals surface area contributed by atoms with E-state index in [2.05, 4.69) is 41.2 Å². The summed E-state index contributed by atoms with van der Waals surface area (Å²) in [5, 5.41) is 2.89. The number of anilines is 2. The van der Waals surface area contributed by atoms with E-state index in [4.69, 9.17) is 5.73 Å². The number of nitrogens with one attached hydrogen (secondary N) is 1. The van der Waals surface area contributed by atoms with Gasteiger partial charge in [0.05, 0.1) is 11.3 Å². The van der Waals surface area contributed by atoms with Crippen LogP contribution >= 0.6 is 15.9 Å². The first-order valence-electron chi connectivity index (χ1n) is 11.3. The monoisotopic (exact) mass is 557 g/mol. The lowest BCUT2D eigenvalue weighted by molar-refractivity contribution is -0.134. The van der Waals surface area contributed by atoms with Crippen molar-refractivity contribution >= 4 is 39.1 Å². The molecule has 2 aliphatic rings. The Balaban J connectivity index is 1.47. The molecule has 1 atom stereocenters. The molecule has 0 bridgehead atoms. The quantitative estimate of drug-likeness (QED) is 0.368. The maximum absolute atomic E-state index is 13.5. The molecule has 1 saturated carbocycles. The van der Waals surface area contributed by atoms with E-state index in [9.17, 15) is 18.0 Å². The molecule has 1 fully saturated rings. The number of aryl methyl sites for hydroxylation is 1. The van der Waals surface area contributed by atoms with Gasteiger partial charge < -0.3 is 15.5 Å². The van der Waals surface area contributed by atoms with Gasteiger partial charge in [0.2, 0.25) is 5.91 Å². The number of aromatic nitrogens is 5. The molecule has 1 aromatic carbocycles. The summed E-state index contributed by atoms with van der Waals surface area (Å²) in [5.74, 6) is 0.377. The standard InChI is InChI=1S/C24H19BrF3N7O/c25-14-5-3-13(4-6-14)24(12-1-2-12)17-18(29)32-19(33-20(17)34-22(24)36)16-11-35-10-9-30-21(35)15(31-16)7-8-23(26,27)28/h3-6,9-12H,1-2,7-8H2,(H3,29,32,33,34,36). The topological polar surface area (TPSA) is 111 Å². The third-order valence-corrected chi connectivity index (χ3v) is 7.26. The van der Waals surface area contributed by atoms with Gasteiger partial charge in [-0.05, 0) is 36.5 Å². The molecule has 6 rings (SSSR count). The average molecular weight is 558 g/mol. The lowest BCUT2D eigenvalue weighted by Crippen LogP contribution is -2.38. The van der Waals surface area contributed by atoms with Crippen LogP contribution in [-0.2, 0) is 16.6 Å². The number of imidazole rings is 1. The molecule has 1 unspecified atom stereocenters. The zero-order valence-electron chi connectivity index (χ0n) is 18.7. The van der Waals surface area contributed by atoms with Gasteiger partial charge >= 0.3 is 6.18 Å². The van der Waals surface area contributed by atoms with Gasteiger partial charge in [0.15, 0.2) is 11.5 Å². The summed E-state index contributed by atoms with van der Waals surface area (Å²) in [6.45, 7) is 0. The van der Waals surface area contributed by atoms with Gasteiger partial charge in [-0.25, -0.2) is 19.9 Å². The molecule has 0 radical (unpaired) electrons. The summed E-state index contributed by atoms with van der Waals surface area (Å²) in [5.41, 5.74) is 7.54. The number of nitrogen functional groups attached to an aromatic ring is 1. The Kier molecular flexibility index (Phi) is 5.08. The summed E-state index contributed by atoms with van der Waals surface area (Å²) in [7, 11) is 0. The predicted octanol–water partition coefficient (Wildman–Crippen LogP) is 4.67. The Morgan fingerprint density at radius 1 is 1.17 bits per heavy atom. The zero-order chi connectivity index (χ0) is 25.2. The Morgan fingerprint density at radius 3 is 2.61 bits per heavy atom. The highest BCUT2D eigenvalue weighted by molar-refractivity contribution is 9.10. The maximum Gasteiger partial charge on any atom is 0.389 e. The molecule has 3 N–H and O–H groups in total. The lowest BCUT2D eigenvalue weighted by Gasteiger charge is -2.28. The largest absolute Gasteiger partial charge is 0.389 e. The number of alkyl halides is 3. The van der Waals surface area contributed by atoms with Crippen molar-refractivity contribution in [2.24, 2.45) is 5.92 Å². The molecule has 4 heterocycles. The van der Waals surface area contributed by atoms with Crippen LogP contribution in [0.5, 0.6) is 0 Å². The lowest BCUT2D eigenvalue weighted by atomic mass is 9.72. The highest BCUT2D eigenvalue weighted by Crippen LogP contribution is 2.57. The van der Waals surface area contributed by atoms with Crippen molar-refractivity contribution in [3.05, 3.63) is 64.1 Å². The van der Waals surface area contributed by atoms with E-state index in [1.807, 2.05) is 24.3 Å². The number of halogens is 4. The number of benzene rings is 1. The Morgan fingerprint density at radius 2 is 1.92 bits per heavy atom. The second kappa shape index (κ2) is 7.99. The minimum absolute atomic E-state index is 0.0612. The van der Waals surface area contributed by atoms with Crippen LogP contribution in [0.2, 0.25) is 0 Å². The first-order chi connectivity index (χ1) is 17.2. The van der Waals surface area contributed by atoms with E-state index >= 15 is 0 Å². The van der Waals surface area contributed by atoms with E-state index in [0.717, 1.165) is 22.9 Å². The zero-order valence-corrected chi connectivity index (χ0v) is 20.3. The van der Waals surface area contributed by atoms with E-state index < -0.39 is 18.0 Å². The van der Waals surface area contributed by atoms with Crippen LogP contribution < -0.4 is 11.1 Å². The summed E-state index contributed by atoms with van der Waals surface area (Å²) in [4.78, 5) is 31.1. The molecular formula is C24H19BrF3N7O. The summed E-state index contributed by atoms with van der Waals surface area (Å²) >= 11 is 3.44. The fourth-order valence-electron chi connectivity index (χ4n) is 5.05. The molecule has 36 heavy (non-hydrogen) atoms. The third kappa shape index (κ3) is 3.62. The fraction of sp³-hybridized carbons (Fsp3) is 0.292. The van der Waals surface area contributed by atoms with Gasteiger partial charge in [0.25, 0.3) is 0 Å². The highest BCUT2D eigenvalue weighted by atomic mass is 79.9. The number of carbonyl (C=O) groups is 1. The SMILES string of the molecule is Nc1nc(-c2cn3ccnc3c(CCC(F)(F)F)n2)nc2c1C(c1ccc(Br)cc1)(C1CC1)C(=O)N2. The molecule has 3 aromatic heterocycles. The van der Waals surface area contributed by atoms with Crippen molar-refractivity contribution < 1.29 is 18.0 Å². The highest BCUT2D eigenvalue weighted by Gasteiger charge is 2.59. The van der Waals surface area contributed by atoms with Gasteiger partial charge in [-0.15, -0.1) is 0 Å². The van der Waals surface area contributed by atoms with Crippen LogP contribution in [0, 0.1) is 5.92 Å². The maximum atomic E-state index is 13.5. The second-order valence-corrected chi connectivity index (χ2v) is 9.96. The van der Waals surface area contributed by atoms with Crippen LogP contribution in [-0.4, -0.2) is 36.4 Å². The molecule has 8 nitrogen and oxygen atoms in total. The summed E-state index contributed by atoms with van der Waals surface area (Å²) < 4.78 is 41.2. The molecule has 0 saturated heterocycles. The second-order valence-electron chi connectivity index (χ2n) is 9.05. The van der Waals surface area contributed by atoms with Crippen LogP contribution in [0.1, 0.15) is 36.1 Å². The van der Waals surface area contributed by atoms with Crippen molar-refractivity contribution in [2.45, 2.75) is 37.3 Å². The molecular weight excluding hydrogens is 539 g/mol. The Labute approximate surface area is 211 Å². The van der Waals surface area contributed by atoms with E-state index in [1.54, 1.807) is 16.8 Å². The summed E-state index contributed by atoms with van der Waals surface area (Å²) in [6.07, 6.45) is 0.701. The van der Waals surface area contributed by atoms with Crippen LogP contribution in [0.4, 0.5) is 24.8 Å². The summed E-state index contributed by atoms with van der Waals surface area (Å²) in [6, 6.07) is 7.55. The molecule has 4 aromatic rings. The van der Waals surface area contributed by atoms with Crippen molar-refractivity contribution in [1.82, 2.24) is 24.3 Å². The number of nitrogens with two attached hydrogens (primary N) is 1. The molecule has 184 valence electrons. The normalized spacial score (nSPS) is 19.5. The van der Waals surface area contributed by atoms with Gasteiger partial charge in [-0.3, -0.25) is 4.79 Å². The van der Waals surface area contributed by atoms with Crippen molar-refractivity contribution in [3.63, 3.8) is 0 Å². The van der Waals surface area contributed by atoms with Gasteiger partial charge in [0, 0.05) is 35.9 Å². The number of fused-ring (bicyclic) bond motifs is 2. The first kappa shape index (κ1) is 22.9. The van der Waals surface area contributed by atoms with Crippen LogP contribution in [0.15, 0.2) is 47.3 Å². The molecule has 0 spiro atoms. The van der Waals surface area contributed by atoms with Gasteiger partial charge in [-0.1, -0.05) is 28.1 Å². The van der Waals surface area contributed by atoms with Crippen molar-refractivity contribution in [1.29, 1.82) is 0 Å². The van der Waals surface area contributed by atoms with E-state index in [-0.39, 0.29) is 41.3 Å². The number of hydrogen-bond donors (Lipinski definition) is 2. The van der Waals surface area contributed by atoms with E-state index in [1.165, 1.54) is 6.20 Å². The number of amides is 1. The minimum Gasteiger partial charge on any atom is -0.383 e. The molecule has 1 aliphatic heterocycles. The Hall–Kier alpha value is -3.54. The van der Waals surface area contributed by atoms with E-state index in [0.29, 0.717) is 17.0 Å². The van der Waals surface area contributed by atoms with Crippen LogP contribution in [0.3, 0.4) is 0 Å². The number of carbonyl (C=O) groups excluding carboxylic acids is 1. The molecule has 1 aliphatic carbocycles. The number of hydrogen-bond acceptors (Lipinski definition) is 6. The van der Waals surface area contributed by atoms with Gasteiger partial charge in [0.1, 0.15) is 22.7 Å². The Bertz CT molecular complexity index is 1510. The first-order valence-corrected chi connectivity index (χ1v) is 12.1. The molecule has 1 amide bonds. The third-order valence-electron chi connectivity index (χ3n) is 6.73. The fourth-order valence-corrected chi connectivity index (χ4v) is 5.32. The predicted molar refractivity (Wildman–Crippen MR) is 129 cm³/mol. The number of rotatable bonds is 5. The smallest absolute Gasteiger partial charge is 0.383 e. The van der Waals surface area contributed by atoms with Gasteiger partial charge in [-0.2, -0.15) is 13.2 Å². The van der Waals surface area contributed by atoms with Crippen LogP contribution in [0.25, 0.3) is 17.2 Å². The van der Waals surface area contributed by atoms with Crippen molar-refractivity contribution in [2.75, 3.05) is 11.1 Å². The average Bonchev–Trinajstić information content (AvgIpc) is 3.47.